The van der Waals surface area contributed by atoms with Gasteiger partial charge in [0.25, 0.3) is 5.91 Å². The lowest BCUT2D eigenvalue weighted by molar-refractivity contribution is 0.0664. The van der Waals surface area contributed by atoms with Crippen molar-refractivity contribution in [1.82, 2.24) is 9.21 Å². The lowest BCUT2D eigenvalue weighted by atomic mass is 10.0. The number of rotatable bonds is 5. The molecule has 5 nitrogen and oxygen atoms in total. The summed E-state index contributed by atoms with van der Waals surface area (Å²) in [6.07, 6.45) is 8.62. The Morgan fingerprint density at radius 3 is 2.04 bits per heavy atom. The maximum atomic E-state index is 13.1. The predicted molar refractivity (Wildman–Crippen MR) is 105 cm³/mol. The molecular weight excluding hydrogens is 360 g/mol. The minimum absolute atomic E-state index is 0.0696. The summed E-state index contributed by atoms with van der Waals surface area (Å²) in [5, 5.41) is 0. The molecule has 6 heteroatoms. The molecular formula is C21H30N2O3S. The average molecular weight is 391 g/mol. The van der Waals surface area contributed by atoms with Gasteiger partial charge >= 0.3 is 0 Å². The molecule has 4 rings (SSSR count). The number of hydrogen-bond acceptors (Lipinski definition) is 3. The van der Waals surface area contributed by atoms with E-state index >= 15 is 0 Å². The summed E-state index contributed by atoms with van der Waals surface area (Å²) in [5.41, 5.74) is 0.611. The SMILES string of the molecule is CC1CCN(S(=O)(=O)c2ccc(C(=O)N(C3CCCC3)C3CC3)cc2)CC1. The van der Waals surface area contributed by atoms with E-state index in [4.69, 9.17) is 0 Å². The van der Waals surface area contributed by atoms with E-state index in [1.165, 1.54) is 12.8 Å². The summed E-state index contributed by atoms with van der Waals surface area (Å²) >= 11 is 0. The molecule has 0 atom stereocenters. The Balaban J connectivity index is 1.50. The van der Waals surface area contributed by atoms with Gasteiger partial charge in [0.1, 0.15) is 0 Å². The van der Waals surface area contributed by atoms with E-state index in [2.05, 4.69) is 11.8 Å². The number of sulfonamides is 1. The zero-order valence-electron chi connectivity index (χ0n) is 16.1. The lowest BCUT2D eigenvalue weighted by Gasteiger charge is -2.30. The molecule has 2 saturated carbocycles. The van der Waals surface area contributed by atoms with Crippen molar-refractivity contribution >= 4 is 15.9 Å². The maximum Gasteiger partial charge on any atom is 0.254 e. The Hall–Kier alpha value is -1.40. The molecule has 1 aliphatic heterocycles. The van der Waals surface area contributed by atoms with E-state index in [-0.39, 0.29) is 5.91 Å². The molecule has 148 valence electrons. The van der Waals surface area contributed by atoms with Gasteiger partial charge in [0.15, 0.2) is 0 Å². The van der Waals surface area contributed by atoms with Crippen LogP contribution in [0.5, 0.6) is 0 Å². The van der Waals surface area contributed by atoms with E-state index in [9.17, 15) is 13.2 Å². The van der Waals surface area contributed by atoms with Crippen LogP contribution in [-0.2, 0) is 10.0 Å². The molecule has 1 aromatic rings. The largest absolute Gasteiger partial charge is 0.333 e. The number of benzene rings is 1. The van der Waals surface area contributed by atoms with Crippen LogP contribution in [0.2, 0.25) is 0 Å². The van der Waals surface area contributed by atoms with Crippen LogP contribution in [0.3, 0.4) is 0 Å². The minimum Gasteiger partial charge on any atom is -0.333 e. The van der Waals surface area contributed by atoms with E-state index in [1.807, 2.05) is 0 Å². The van der Waals surface area contributed by atoms with E-state index in [1.54, 1.807) is 28.6 Å². The molecule has 2 aliphatic carbocycles. The van der Waals surface area contributed by atoms with Gasteiger partial charge in [-0.3, -0.25) is 4.79 Å². The topological polar surface area (TPSA) is 57.7 Å². The first-order valence-corrected chi connectivity index (χ1v) is 11.8. The summed E-state index contributed by atoms with van der Waals surface area (Å²) in [4.78, 5) is 15.5. The van der Waals surface area contributed by atoms with E-state index in [0.29, 0.717) is 41.6 Å². The second-order valence-corrected chi connectivity index (χ2v) is 10.4. The highest BCUT2D eigenvalue weighted by Gasteiger charge is 2.38. The normalized spacial score (nSPS) is 22.9. The van der Waals surface area contributed by atoms with Crippen molar-refractivity contribution in [2.75, 3.05) is 13.1 Å². The highest BCUT2D eigenvalue weighted by atomic mass is 32.2. The Labute approximate surface area is 162 Å². The highest BCUT2D eigenvalue weighted by molar-refractivity contribution is 7.89. The number of amides is 1. The van der Waals surface area contributed by atoms with Crippen LogP contribution in [0, 0.1) is 5.92 Å². The highest BCUT2D eigenvalue weighted by Crippen LogP contribution is 2.35. The third-order valence-electron chi connectivity index (χ3n) is 6.37. The van der Waals surface area contributed by atoms with Crippen molar-refractivity contribution in [2.45, 2.75) is 75.3 Å². The van der Waals surface area contributed by atoms with Crippen molar-refractivity contribution in [1.29, 1.82) is 0 Å². The third-order valence-corrected chi connectivity index (χ3v) is 8.29. The fraction of sp³-hybridized carbons (Fsp3) is 0.667. The fourth-order valence-corrected chi connectivity index (χ4v) is 5.93. The number of piperidine rings is 1. The summed E-state index contributed by atoms with van der Waals surface area (Å²) in [7, 11) is -3.46. The molecule has 0 N–H and O–H groups in total. The Morgan fingerprint density at radius 2 is 1.48 bits per heavy atom. The van der Waals surface area contributed by atoms with Gasteiger partial charge in [0, 0.05) is 30.7 Å². The molecule has 0 radical (unpaired) electrons. The van der Waals surface area contributed by atoms with Gasteiger partial charge < -0.3 is 4.90 Å². The fourth-order valence-electron chi connectivity index (χ4n) is 4.46. The van der Waals surface area contributed by atoms with E-state index < -0.39 is 10.0 Å². The van der Waals surface area contributed by atoms with Gasteiger partial charge in [-0.1, -0.05) is 19.8 Å². The summed E-state index contributed by atoms with van der Waals surface area (Å²) < 4.78 is 27.3. The van der Waals surface area contributed by atoms with Gasteiger partial charge in [-0.2, -0.15) is 4.31 Å². The van der Waals surface area contributed by atoms with Gasteiger partial charge in [-0.15, -0.1) is 0 Å². The first kappa shape index (κ1) is 18.9. The predicted octanol–water partition coefficient (Wildman–Crippen LogP) is 3.65. The van der Waals surface area contributed by atoms with Crippen LogP contribution in [0.25, 0.3) is 0 Å². The van der Waals surface area contributed by atoms with Gasteiger partial charge in [0.05, 0.1) is 4.90 Å². The minimum atomic E-state index is -3.46. The standard InChI is InChI=1S/C21H30N2O3S/c1-16-12-14-22(15-13-16)27(25,26)20-10-6-17(7-11-20)21(24)23(19-8-9-19)18-4-2-3-5-18/h6-7,10-11,16,18-19H,2-5,8-9,12-15H2,1H3. The summed E-state index contributed by atoms with van der Waals surface area (Å²) in [6, 6.07) is 7.38. The first-order chi connectivity index (χ1) is 13.0. The monoisotopic (exact) mass is 390 g/mol. The van der Waals surface area contributed by atoms with Crippen molar-refractivity contribution in [3.8, 4) is 0 Å². The van der Waals surface area contributed by atoms with Gasteiger partial charge in [0.2, 0.25) is 10.0 Å². The maximum absolute atomic E-state index is 13.1. The smallest absolute Gasteiger partial charge is 0.254 e. The van der Waals surface area contributed by atoms with Crippen LogP contribution in [-0.4, -0.2) is 48.7 Å². The summed E-state index contributed by atoms with van der Waals surface area (Å²) in [6.45, 7) is 3.34. The number of nitrogens with zero attached hydrogens (tertiary/aromatic N) is 2. The number of carbonyl (C=O) groups is 1. The van der Waals surface area contributed by atoms with Crippen molar-refractivity contribution in [3.05, 3.63) is 29.8 Å². The molecule has 3 fully saturated rings. The molecule has 3 aliphatic rings. The Morgan fingerprint density at radius 1 is 0.926 bits per heavy atom. The van der Waals surface area contributed by atoms with Crippen LogP contribution in [0.4, 0.5) is 0 Å². The molecule has 0 spiro atoms. The molecule has 0 unspecified atom stereocenters. The Bertz CT molecular complexity index is 772. The van der Waals surface area contributed by atoms with Crippen LogP contribution in [0.15, 0.2) is 29.2 Å². The molecule has 1 saturated heterocycles. The molecule has 0 bridgehead atoms. The first-order valence-electron chi connectivity index (χ1n) is 10.4. The van der Waals surface area contributed by atoms with Crippen LogP contribution in [0.1, 0.15) is 68.6 Å². The number of carbonyl (C=O) groups excluding carboxylic acids is 1. The van der Waals surface area contributed by atoms with Crippen LogP contribution < -0.4 is 0 Å². The zero-order chi connectivity index (χ0) is 19.0. The second kappa shape index (κ2) is 7.55. The average Bonchev–Trinajstić information content (AvgIpc) is 3.36. The van der Waals surface area contributed by atoms with Crippen LogP contribution >= 0.6 is 0 Å². The van der Waals surface area contributed by atoms with Gasteiger partial charge in [-0.25, -0.2) is 8.42 Å². The quantitative estimate of drug-likeness (QED) is 0.771. The second-order valence-electron chi connectivity index (χ2n) is 8.49. The van der Waals surface area contributed by atoms with Crippen molar-refractivity contribution in [3.63, 3.8) is 0 Å². The lowest BCUT2D eigenvalue weighted by Crippen LogP contribution is -2.40. The molecule has 1 aromatic carbocycles. The Kier molecular flexibility index (Phi) is 5.30. The molecule has 1 amide bonds. The van der Waals surface area contributed by atoms with E-state index in [0.717, 1.165) is 38.5 Å². The van der Waals surface area contributed by atoms with Crippen molar-refractivity contribution in [2.24, 2.45) is 5.92 Å². The third kappa shape index (κ3) is 3.92. The van der Waals surface area contributed by atoms with Gasteiger partial charge in [-0.05, 0) is 68.7 Å². The zero-order valence-corrected chi connectivity index (χ0v) is 17.0. The molecule has 1 heterocycles. The molecule has 27 heavy (non-hydrogen) atoms. The molecule has 0 aromatic heterocycles. The summed E-state index contributed by atoms with van der Waals surface area (Å²) in [5.74, 6) is 0.653. The number of hydrogen-bond donors (Lipinski definition) is 0. The van der Waals surface area contributed by atoms with Crippen molar-refractivity contribution < 1.29 is 13.2 Å².